The molecule has 0 aliphatic carbocycles. The van der Waals surface area contributed by atoms with Gasteiger partial charge in [-0.1, -0.05) is 13.8 Å². The predicted octanol–water partition coefficient (Wildman–Crippen LogP) is 2.74. The van der Waals surface area contributed by atoms with Gasteiger partial charge in [0, 0.05) is 4.57 Å². The molecule has 0 N–H and O–H groups in total. The lowest BCUT2D eigenvalue weighted by atomic mass is 10.9. The Morgan fingerprint density at radius 3 is 1.60 bits per heavy atom. The smallest absolute Gasteiger partial charge is 0.119 e. The SMILES string of the molecule is CC.CCO[P+](=O)OCC. The van der Waals surface area contributed by atoms with Gasteiger partial charge in [0.15, 0.2) is 0 Å². The Labute approximate surface area is 63.7 Å². The Morgan fingerprint density at radius 2 is 1.40 bits per heavy atom. The van der Waals surface area contributed by atoms with Gasteiger partial charge < -0.3 is 0 Å². The molecule has 3 nitrogen and oxygen atoms in total. The van der Waals surface area contributed by atoms with Crippen molar-refractivity contribution in [2.24, 2.45) is 0 Å². The molecule has 4 heteroatoms. The summed E-state index contributed by atoms with van der Waals surface area (Å²) in [5.41, 5.74) is 0. The van der Waals surface area contributed by atoms with E-state index in [1.807, 2.05) is 13.8 Å². The van der Waals surface area contributed by atoms with E-state index in [0.29, 0.717) is 13.2 Å². The van der Waals surface area contributed by atoms with E-state index in [1.165, 1.54) is 0 Å². The van der Waals surface area contributed by atoms with Gasteiger partial charge in [-0.3, -0.25) is 0 Å². The molecule has 0 unspecified atom stereocenters. The summed E-state index contributed by atoms with van der Waals surface area (Å²) in [6.45, 7) is 8.42. The van der Waals surface area contributed by atoms with E-state index in [2.05, 4.69) is 9.05 Å². The van der Waals surface area contributed by atoms with Crippen LogP contribution in [-0.2, 0) is 13.6 Å². The second-order valence-electron chi connectivity index (χ2n) is 1.06. The van der Waals surface area contributed by atoms with Crippen LogP contribution in [0, 0.1) is 0 Å². The van der Waals surface area contributed by atoms with E-state index in [1.54, 1.807) is 13.8 Å². The summed E-state index contributed by atoms with van der Waals surface area (Å²) in [7, 11) is -1.83. The van der Waals surface area contributed by atoms with Crippen molar-refractivity contribution in [2.75, 3.05) is 13.2 Å². The monoisotopic (exact) mass is 167 g/mol. The van der Waals surface area contributed by atoms with Crippen LogP contribution in [0.15, 0.2) is 0 Å². The molecule has 0 aromatic heterocycles. The lowest BCUT2D eigenvalue weighted by Gasteiger charge is -1.78. The van der Waals surface area contributed by atoms with Crippen LogP contribution in [0.4, 0.5) is 0 Å². The molecule has 0 aromatic carbocycles. The quantitative estimate of drug-likeness (QED) is 0.604. The maximum absolute atomic E-state index is 10.3. The van der Waals surface area contributed by atoms with Crippen LogP contribution in [0.3, 0.4) is 0 Å². The molecule has 0 spiro atoms. The molecule has 62 valence electrons. The number of rotatable bonds is 4. The van der Waals surface area contributed by atoms with Crippen LogP contribution in [0.1, 0.15) is 27.7 Å². The van der Waals surface area contributed by atoms with E-state index in [9.17, 15) is 4.57 Å². The lowest BCUT2D eigenvalue weighted by Crippen LogP contribution is -1.81. The van der Waals surface area contributed by atoms with Crippen molar-refractivity contribution in [1.82, 2.24) is 0 Å². The van der Waals surface area contributed by atoms with Crippen molar-refractivity contribution in [3.63, 3.8) is 0 Å². The Hall–Kier alpha value is 0.0200. The summed E-state index contributed by atoms with van der Waals surface area (Å²) in [4.78, 5) is 0. The van der Waals surface area contributed by atoms with Crippen LogP contribution >= 0.6 is 8.25 Å². The first-order valence-corrected chi connectivity index (χ1v) is 4.63. The summed E-state index contributed by atoms with van der Waals surface area (Å²) < 4.78 is 19.5. The highest BCUT2D eigenvalue weighted by atomic mass is 31.1. The highest BCUT2D eigenvalue weighted by Gasteiger charge is 2.15. The first kappa shape index (κ1) is 12.7. The van der Waals surface area contributed by atoms with Crippen molar-refractivity contribution in [3.8, 4) is 0 Å². The maximum Gasteiger partial charge on any atom is 0.697 e. The summed E-state index contributed by atoms with van der Waals surface area (Å²) >= 11 is 0. The van der Waals surface area contributed by atoms with Crippen LogP contribution < -0.4 is 0 Å². The van der Waals surface area contributed by atoms with Crippen molar-refractivity contribution >= 4 is 8.25 Å². The standard InChI is InChI=1S/C4H10O3P.C2H6/c1-3-6-8(5)7-4-2;1-2/h3-4H2,1-2H3;1-2H3/q+1;. The van der Waals surface area contributed by atoms with Gasteiger partial charge in [-0.25, -0.2) is 0 Å². The van der Waals surface area contributed by atoms with E-state index < -0.39 is 8.25 Å². The van der Waals surface area contributed by atoms with Gasteiger partial charge in [0.2, 0.25) is 0 Å². The van der Waals surface area contributed by atoms with E-state index in [-0.39, 0.29) is 0 Å². The fourth-order valence-corrected chi connectivity index (χ4v) is 0.744. The van der Waals surface area contributed by atoms with Gasteiger partial charge in [-0.15, -0.1) is 9.05 Å². The second kappa shape index (κ2) is 11.8. The number of hydrogen-bond donors (Lipinski definition) is 0. The van der Waals surface area contributed by atoms with Gasteiger partial charge in [0.25, 0.3) is 0 Å². The summed E-state index contributed by atoms with van der Waals surface area (Å²) in [5, 5.41) is 0. The largest absolute Gasteiger partial charge is 0.697 e. The maximum atomic E-state index is 10.3. The minimum absolute atomic E-state index is 0.440. The highest BCUT2D eigenvalue weighted by molar-refractivity contribution is 7.33. The Balaban J connectivity index is 0. The predicted molar refractivity (Wildman–Crippen MR) is 42.2 cm³/mol. The first-order valence-electron chi connectivity index (χ1n) is 3.54. The molecule has 0 amide bonds. The highest BCUT2D eigenvalue weighted by Crippen LogP contribution is 2.21. The third-order valence-corrected chi connectivity index (χ3v) is 1.41. The molecule has 10 heavy (non-hydrogen) atoms. The van der Waals surface area contributed by atoms with Crippen LogP contribution in [0.5, 0.6) is 0 Å². The van der Waals surface area contributed by atoms with E-state index in [0.717, 1.165) is 0 Å². The van der Waals surface area contributed by atoms with Crippen molar-refractivity contribution < 1.29 is 13.6 Å². The Kier molecular flexibility index (Phi) is 14.9. The fraction of sp³-hybridized carbons (Fsp3) is 1.00. The van der Waals surface area contributed by atoms with Gasteiger partial charge >= 0.3 is 8.25 Å². The van der Waals surface area contributed by atoms with Crippen LogP contribution in [-0.4, -0.2) is 13.2 Å². The van der Waals surface area contributed by atoms with Crippen molar-refractivity contribution in [3.05, 3.63) is 0 Å². The molecule has 0 bridgehead atoms. The fourth-order valence-electron chi connectivity index (χ4n) is 0.248. The topological polar surface area (TPSA) is 35.5 Å². The van der Waals surface area contributed by atoms with Gasteiger partial charge in [-0.05, 0) is 13.8 Å². The first-order chi connectivity index (χ1) is 4.81. The van der Waals surface area contributed by atoms with Crippen molar-refractivity contribution in [2.45, 2.75) is 27.7 Å². The van der Waals surface area contributed by atoms with Gasteiger partial charge in [-0.2, -0.15) is 0 Å². The van der Waals surface area contributed by atoms with Gasteiger partial charge in [0.05, 0.1) is 0 Å². The Bertz CT molecular complexity index is 67.4. The van der Waals surface area contributed by atoms with Gasteiger partial charge in [0.1, 0.15) is 13.2 Å². The molecule has 0 heterocycles. The Morgan fingerprint density at radius 1 is 1.10 bits per heavy atom. The zero-order valence-electron chi connectivity index (χ0n) is 7.09. The zero-order chi connectivity index (χ0) is 8.41. The average molecular weight is 167 g/mol. The van der Waals surface area contributed by atoms with Crippen LogP contribution in [0.25, 0.3) is 0 Å². The average Bonchev–Trinajstić information content (AvgIpc) is 1.93. The van der Waals surface area contributed by atoms with E-state index in [4.69, 9.17) is 0 Å². The summed E-state index contributed by atoms with van der Waals surface area (Å²) in [5.74, 6) is 0. The molecule has 0 radical (unpaired) electrons. The lowest BCUT2D eigenvalue weighted by molar-refractivity contribution is 0.243. The molecule has 0 saturated carbocycles. The molecular weight excluding hydrogens is 151 g/mol. The third kappa shape index (κ3) is 10.9. The third-order valence-electron chi connectivity index (χ3n) is 0.469. The molecule has 0 rings (SSSR count). The summed E-state index contributed by atoms with van der Waals surface area (Å²) in [6.07, 6.45) is 0. The molecule has 0 atom stereocenters. The molecule has 0 fully saturated rings. The molecule has 0 saturated heterocycles. The molecule has 0 aliphatic rings. The molecular formula is C6H16O3P+. The minimum atomic E-state index is -1.83. The second-order valence-corrected chi connectivity index (χ2v) is 2.02. The molecule has 0 aromatic rings. The minimum Gasteiger partial charge on any atom is -0.119 e. The molecule has 0 aliphatic heterocycles. The van der Waals surface area contributed by atoms with E-state index >= 15 is 0 Å². The zero-order valence-corrected chi connectivity index (χ0v) is 7.98. The van der Waals surface area contributed by atoms with Crippen molar-refractivity contribution in [1.29, 1.82) is 0 Å². The number of hydrogen-bond acceptors (Lipinski definition) is 3. The summed E-state index contributed by atoms with van der Waals surface area (Å²) in [6, 6.07) is 0. The van der Waals surface area contributed by atoms with Crippen LogP contribution in [0.2, 0.25) is 0 Å². The normalized spacial score (nSPS) is 8.00.